The van der Waals surface area contributed by atoms with Gasteiger partial charge in [0.15, 0.2) is 0 Å². The standard InChI is InChI=1S/C15H16O2/c1-2-17-14(16)15(11-7-4-8-12-15)13-9-5-3-6-10-13/h3-11H,2,12H2,1H3. The van der Waals surface area contributed by atoms with Gasteiger partial charge in [-0.25, -0.2) is 0 Å². The number of carbonyl (C=O) groups is 1. The van der Waals surface area contributed by atoms with Crippen molar-refractivity contribution in [2.75, 3.05) is 6.61 Å². The Hall–Kier alpha value is -1.83. The molecule has 88 valence electrons. The minimum absolute atomic E-state index is 0.174. The normalized spacial score (nSPS) is 22.4. The molecule has 17 heavy (non-hydrogen) atoms. The molecule has 2 rings (SSSR count). The number of allylic oxidation sites excluding steroid dienone is 3. The summed E-state index contributed by atoms with van der Waals surface area (Å²) in [6, 6.07) is 9.79. The van der Waals surface area contributed by atoms with Crippen LogP contribution in [0.5, 0.6) is 0 Å². The second kappa shape index (κ2) is 5.00. The molecule has 1 unspecified atom stereocenters. The Kier molecular flexibility index (Phi) is 3.43. The van der Waals surface area contributed by atoms with Crippen LogP contribution in [0.25, 0.3) is 0 Å². The van der Waals surface area contributed by atoms with E-state index in [-0.39, 0.29) is 5.97 Å². The number of benzene rings is 1. The molecule has 2 heteroatoms. The van der Waals surface area contributed by atoms with E-state index in [2.05, 4.69) is 0 Å². The third-order valence-electron chi connectivity index (χ3n) is 3.00. The van der Waals surface area contributed by atoms with E-state index in [4.69, 9.17) is 4.74 Å². The molecule has 0 aliphatic heterocycles. The molecule has 0 saturated carbocycles. The van der Waals surface area contributed by atoms with Gasteiger partial charge < -0.3 is 4.74 Å². The number of rotatable bonds is 3. The SMILES string of the molecule is CCOC(=O)C1(c2ccccc2)C=CC=CC1. The van der Waals surface area contributed by atoms with Crippen molar-refractivity contribution in [2.45, 2.75) is 18.8 Å². The quantitative estimate of drug-likeness (QED) is 0.743. The van der Waals surface area contributed by atoms with Crippen molar-refractivity contribution in [1.82, 2.24) is 0 Å². The van der Waals surface area contributed by atoms with E-state index in [0.29, 0.717) is 13.0 Å². The number of esters is 1. The summed E-state index contributed by atoms with van der Waals surface area (Å²) in [5.41, 5.74) is 0.338. The van der Waals surface area contributed by atoms with Crippen LogP contribution in [0.15, 0.2) is 54.6 Å². The van der Waals surface area contributed by atoms with Crippen molar-refractivity contribution in [1.29, 1.82) is 0 Å². The summed E-state index contributed by atoms with van der Waals surface area (Å²) in [6.07, 6.45) is 8.46. The van der Waals surface area contributed by atoms with Crippen LogP contribution >= 0.6 is 0 Å². The lowest BCUT2D eigenvalue weighted by Crippen LogP contribution is -2.36. The van der Waals surface area contributed by atoms with E-state index in [1.807, 2.05) is 61.6 Å². The van der Waals surface area contributed by atoms with Crippen molar-refractivity contribution in [2.24, 2.45) is 0 Å². The molecule has 0 spiro atoms. The Bertz CT molecular complexity index is 445. The summed E-state index contributed by atoms with van der Waals surface area (Å²) in [5.74, 6) is -0.174. The average Bonchev–Trinajstić information content (AvgIpc) is 2.41. The van der Waals surface area contributed by atoms with Gasteiger partial charge in [-0.15, -0.1) is 0 Å². The van der Waals surface area contributed by atoms with Gasteiger partial charge in [0.05, 0.1) is 6.61 Å². The molecule has 1 aliphatic carbocycles. The van der Waals surface area contributed by atoms with Crippen LogP contribution in [0.1, 0.15) is 18.9 Å². The smallest absolute Gasteiger partial charge is 0.320 e. The van der Waals surface area contributed by atoms with E-state index in [1.165, 1.54) is 0 Å². The summed E-state index contributed by atoms with van der Waals surface area (Å²) in [5, 5.41) is 0. The van der Waals surface area contributed by atoms with Crippen LogP contribution in [-0.4, -0.2) is 12.6 Å². The third-order valence-corrected chi connectivity index (χ3v) is 3.00. The zero-order chi connectivity index (χ0) is 12.1. The molecule has 0 bridgehead atoms. The second-order valence-electron chi connectivity index (χ2n) is 4.05. The first kappa shape index (κ1) is 11.6. The molecule has 0 amide bonds. The van der Waals surface area contributed by atoms with Gasteiger partial charge in [-0.2, -0.15) is 0 Å². The minimum atomic E-state index is -0.647. The number of carbonyl (C=O) groups excluding carboxylic acids is 1. The predicted molar refractivity (Wildman–Crippen MR) is 67.7 cm³/mol. The Morgan fingerprint density at radius 1 is 1.29 bits per heavy atom. The molecule has 2 nitrogen and oxygen atoms in total. The molecule has 1 aromatic rings. The number of hydrogen-bond donors (Lipinski definition) is 0. The highest BCUT2D eigenvalue weighted by atomic mass is 16.5. The average molecular weight is 228 g/mol. The summed E-state index contributed by atoms with van der Waals surface area (Å²) in [4.78, 5) is 12.2. The molecule has 1 aromatic carbocycles. The maximum Gasteiger partial charge on any atom is 0.320 e. The first-order valence-electron chi connectivity index (χ1n) is 5.87. The lowest BCUT2D eigenvalue weighted by Gasteiger charge is -2.29. The maximum atomic E-state index is 12.2. The van der Waals surface area contributed by atoms with Crippen molar-refractivity contribution in [3.8, 4) is 0 Å². The van der Waals surface area contributed by atoms with Crippen LogP contribution in [0.3, 0.4) is 0 Å². The molecule has 1 atom stereocenters. The highest BCUT2D eigenvalue weighted by Gasteiger charge is 2.38. The fraction of sp³-hybridized carbons (Fsp3) is 0.267. The van der Waals surface area contributed by atoms with E-state index in [1.54, 1.807) is 0 Å². The van der Waals surface area contributed by atoms with Gasteiger partial charge >= 0.3 is 5.97 Å². The third kappa shape index (κ3) is 2.16. The van der Waals surface area contributed by atoms with Crippen molar-refractivity contribution < 1.29 is 9.53 Å². The van der Waals surface area contributed by atoms with E-state index >= 15 is 0 Å². The molecule has 1 aliphatic rings. The van der Waals surface area contributed by atoms with Crippen LogP contribution in [0.4, 0.5) is 0 Å². The van der Waals surface area contributed by atoms with Gasteiger partial charge in [0.25, 0.3) is 0 Å². The predicted octanol–water partition coefficient (Wildman–Crippen LogP) is 3.00. The van der Waals surface area contributed by atoms with Crippen LogP contribution in [-0.2, 0) is 14.9 Å². The molecule has 0 fully saturated rings. The zero-order valence-corrected chi connectivity index (χ0v) is 9.93. The van der Waals surface area contributed by atoms with Crippen LogP contribution in [0, 0.1) is 0 Å². The van der Waals surface area contributed by atoms with Crippen molar-refractivity contribution in [3.63, 3.8) is 0 Å². The fourth-order valence-electron chi connectivity index (χ4n) is 2.10. The van der Waals surface area contributed by atoms with Gasteiger partial charge in [-0.1, -0.05) is 54.6 Å². The lowest BCUT2D eigenvalue weighted by molar-refractivity contribution is -0.148. The van der Waals surface area contributed by atoms with E-state index < -0.39 is 5.41 Å². The highest BCUT2D eigenvalue weighted by Crippen LogP contribution is 2.33. The first-order chi connectivity index (χ1) is 8.29. The van der Waals surface area contributed by atoms with Crippen molar-refractivity contribution in [3.05, 3.63) is 60.2 Å². The van der Waals surface area contributed by atoms with Gasteiger partial charge in [0.1, 0.15) is 5.41 Å². The Labute approximate surface area is 102 Å². The molecule has 0 N–H and O–H groups in total. The number of hydrogen-bond acceptors (Lipinski definition) is 2. The van der Waals surface area contributed by atoms with Crippen molar-refractivity contribution >= 4 is 5.97 Å². The summed E-state index contributed by atoms with van der Waals surface area (Å²) >= 11 is 0. The highest BCUT2D eigenvalue weighted by molar-refractivity contribution is 5.86. The molecular weight excluding hydrogens is 212 g/mol. The molecule has 0 saturated heterocycles. The monoisotopic (exact) mass is 228 g/mol. The fourth-order valence-corrected chi connectivity index (χ4v) is 2.10. The lowest BCUT2D eigenvalue weighted by atomic mass is 9.75. The Morgan fingerprint density at radius 3 is 2.65 bits per heavy atom. The molecular formula is C15H16O2. The minimum Gasteiger partial charge on any atom is -0.465 e. The van der Waals surface area contributed by atoms with Gasteiger partial charge in [0, 0.05) is 0 Å². The zero-order valence-electron chi connectivity index (χ0n) is 9.93. The van der Waals surface area contributed by atoms with Crippen LogP contribution in [0.2, 0.25) is 0 Å². The topological polar surface area (TPSA) is 26.3 Å². The molecule has 0 aromatic heterocycles. The first-order valence-corrected chi connectivity index (χ1v) is 5.87. The summed E-state index contributed by atoms with van der Waals surface area (Å²) in [7, 11) is 0. The molecule has 0 heterocycles. The van der Waals surface area contributed by atoms with E-state index in [9.17, 15) is 4.79 Å². The van der Waals surface area contributed by atoms with Crippen LogP contribution < -0.4 is 0 Å². The largest absolute Gasteiger partial charge is 0.465 e. The Morgan fingerprint density at radius 2 is 2.06 bits per heavy atom. The summed E-state index contributed by atoms with van der Waals surface area (Å²) in [6.45, 7) is 2.24. The number of ether oxygens (including phenoxy) is 1. The Balaban J connectivity index is 2.41. The van der Waals surface area contributed by atoms with E-state index in [0.717, 1.165) is 5.56 Å². The maximum absolute atomic E-state index is 12.2. The van der Waals surface area contributed by atoms with Gasteiger partial charge in [-0.3, -0.25) is 4.79 Å². The van der Waals surface area contributed by atoms with Gasteiger partial charge in [0.2, 0.25) is 0 Å². The second-order valence-corrected chi connectivity index (χ2v) is 4.05. The molecule has 0 radical (unpaired) electrons. The summed E-state index contributed by atoms with van der Waals surface area (Å²) < 4.78 is 5.22. The van der Waals surface area contributed by atoms with Gasteiger partial charge in [-0.05, 0) is 18.9 Å².